The van der Waals surface area contributed by atoms with E-state index < -0.39 is 0 Å². The molecule has 0 aliphatic carbocycles. The van der Waals surface area contributed by atoms with Crippen LogP contribution in [0.25, 0.3) is 0 Å². The van der Waals surface area contributed by atoms with E-state index in [-0.39, 0.29) is 5.91 Å². The molecule has 102 valence electrons. The first-order chi connectivity index (χ1) is 9.06. The van der Waals surface area contributed by atoms with Crippen molar-refractivity contribution in [3.63, 3.8) is 0 Å². The molecule has 2 aromatic rings. The van der Waals surface area contributed by atoms with Crippen molar-refractivity contribution in [1.29, 1.82) is 0 Å². The Morgan fingerprint density at radius 3 is 2.95 bits per heavy atom. The van der Waals surface area contributed by atoms with Gasteiger partial charge in [0.25, 0.3) is 0 Å². The van der Waals surface area contributed by atoms with Gasteiger partial charge in [-0.05, 0) is 0 Å². The van der Waals surface area contributed by atoms with Crippen LogP contribution in [0.1, 0.15) is 10.7 Å². The van der Waals surface area contributed by atoms with Crippen LogP contribution in [0.15, 0.2) is 22.9 Å². The summed E-state index contributed by atoms with van der Waals surface area (Å²) in [6.07, 6.45) is 4.08. The van der Waals surface area contributed by atoms with Crippen molar-refractivity contribution < 1.29 is 4.79 Å². The second kappa shape index (κ2) is 6.21. The Morgan fingerprint density at radius 1 is 1.53 bits per heavy atom. The molecule has 1 amide bonds. The predicted octanol–water partition coefficient (Wildman–Crippen LogP) is 1.80. The average molecular weight is 296 g/mol. The summed E-state index contributed by atoms with van der Waals surface area (Å²) in [7, 11) is 5.49. The summed E-state index contributed by atoms with van der Waals surface area (Å²) in [5.41, 5.74) is 1.000. The van der Waals surface area contributed by atoms with Gasteiger partial charge in [-0.25, -0.2) is 9.97 Å². The van der Waals surface area contributed by atoms with Crippen molar-refractivity contribution in [1.82, 2.24) is 19.4 Å². The fourth-order valence-electron chi connectivity index (χ4n) is 1.41. The van der Waals surface area contributed by atoms with Gasteiger partial charge in [0, 0.05) is 44.7 Å². The molecule has 5 nitrogen and oxygen atoms in total. The Balaban J connectivity index is 1.91. The standard InChI is InChI=1S/C12H16N4OS2/c1-15(2)11(17)6-10-14-9(7-18-10)8-19-12-13-4-5-16(12)3/h4-5,7H,6,8H2,1-3H3. The molecular weight excluding hydrogens is 280 g/mol. The third-order valence-corrected chi connectivity index (χ3v) is 4.52. The molecule has 0 aliphatic rings. The Morgan fingerprint density at radius 2 is 2.32 bits per heavy atom. The highest BCUT2D eigenvalue weighted by molar-refractivity contribution is 7.98. The molecule has 0 atom stereocenters. The van der Waals surface area contributed by atoms with Gasteiger partial charge in [0.15, 0.2) is 5.16 Å². The summed E-state index contributed by atoms with van der Waals surface area (Å²) in [6.45, 7) is 0. The molecule has 2 rings (SSSR count). The Kier molecular flexibility index (Phi) is 4.60. The lowest BCUT2D eigenvalue weighted by Gasteiger charge is -2.07. The number of aryl methyl sites for hydroxylation is 1. The largest absolute Gasteiger partial charge is 0.348 e. The summed E-state index contributed by atoms with van der Waals surface area (Å²) >= 11 is 3.18. The van der Waals surface area contributed by atoms with Crippen LogP contribution >= 0.6 is 23.1 Å². The van der Waals surface area contributed by atoms with Crippen molar-refractivity contribution in [3.8, 4) is 0 Å². The lowest BCUT2D eigenvalue weighted by atomic mass is 10.4. The number of carbonyl (C=O) groups excluding carboxylic acids is 1. The van der Waals surface area contributed by atoms with E-state index in [9.17, 15) is 4.79 Å². The van der Waals surface area contributed by atoms with E-state index in [0.29, 0.717) is 6.42 Å². The first-order valence-corrected chi connectivity index (χ1v) is 7.66. The predicted molar refractivity (Wildman–Crippen MR) is 77.3 cm³/mol. The second-order valence-electron chi connectivity index (χ2n) is 4.31. The minimum atomic E-state index is 0.0812. The SMILES string of the molecule is CN(C)C(=O)Cc1nc(CSc2nccn2C)cs1. The number of thiazole rings is 1. The number of imidazole rings is 1. The van der Waals surface area contributed by atoms with Crippen LogP contribution < -0.4 is 0 Å². The molecule has 19 heavy (non-hydrogen) atoms. The lowest BCUT2D eigenvalue weighted by molar-refractivity contribution is -0.127. The second-order valence-corrected chi connectivity index (χ2v) is 6.19. The molecule has 0 saturated carbocycles. The minimum absolute atomic E-state index is 0.0812. The van der Waals surface area contributed by atoms with Crippen molar-refractivity contribution >= 4 is 29.0 Å². The Bertz CT molecular complexity index is 562. The summed E-state index contributed by atoms with van der Waals surface area (Å²) in [4.78, 5) is 21.9. The van der Waals surface area contributed by atoms with Crippen LogP contribution in [0.2, 0.25) is 0 Å². The quantitative estimate of drug-likeness (QED) is 0.790. The highest BCUT2D eigenvalue weighted by Gasteiger charge is 2.10. The van der Waals surface area contributed by atoms with Gasteiger partial charge in [-0.2, -0.15) is 0 Å². The van der Waals surface area contributed by atoms with Crippen molar-refractivity contribution in [2.45, 2.75) is 17.3 Å². The van der Waals surface area contributed by atoms with Crippen LogP contribution in [0.3, 0.4) is 0 Å². The number of likely N-dealkylation sites (N-methyl/N-ethyl adjacent to an activating group) is 1. The van der Waals surface area contributed by atoms with E-state index >= 15 is 0 Å². The number of carbonyl (C=O) groups is 1. The van der Waals surface area contributed by atoms with E-state index in [1.165, 1.54) is 11.3 Å². The molecule has 0 saturated heterocycles. The monoisotopic (exact) mass is 296 g/mol. The minimum Gasteiger partial charge on any atom is -0.348 e. The third kappa shape index (κ3) is 3.81. The highest BCUT2D eigenvalue weighted by atomic mass is 32.2. The van der Waals surface area contributed by atoms with E-state index in [2.05, 4.69) is 9.97 Å². The topological polar surface area (TPSA) is 51.0 Å². The van der Waals surface area contributed by atoms with E-state index in [4.69, 9.17) is 0 Å². The van der Waals surface area contributed by atoms with E-state index in [1.807, 2.05) is 23.2 Å². The van der Waals surface area contributed by atoms with Crippen molar-refractivity contribution in [2.24, 2.45) is 7.05 Å². The van der Waals surface area contributed by atoms with Crippen LogP contribution in [-0.2, 0) is 24.0 Å². The number of thioether (sulfide) groups is 1. The number of rotatable bonds is 5. The first-order valence-electron chi connectivity index (χ1n) is 5.80. The van der Waals surface area contributed by atoms with Gasteiger partial charge in [0.2, 0.25) is 5.91 Å². The average Bonchev–Trinajstić information content (AvgIpc) is 2.96. The third-order valence-electron chi connectivity index (χ3n) is 2.53. The van der Waals surface area contributed by atoms with Crippen LogP contribution in [0.5, 0.6) is 0 Å². The van der Waals surface area contributed by atoms with E-state index in [1.54, 1.807) is 37.0 Å². The molecule has 0 bridgehead atoms. The van der Waals surface area contributed by atoms with Gasteiger partial charge in [0.1, 0.15) is 5.01 Å². The number of hydrogen-bond donors (Lipinski definition) is 0. The maximum atomic E-state index is 11.6. The molecule has 0 aliphatic heterocycles. The molecule has 0 fully saturated rings. The number of nitrogens with zero attached hydrogens (tertiary/aromatic N) is 4. The molecule has 0 spiro atoms. The summed E-state index contributed by atoms with van der Waals surface area (Å²) in [6, 6.07) is 0. The van der Waals surface area contributed by atoms with E-state index in [0.717, 1.165) is 21.6 Å². The fraction of sp³-hybridized carbons (Fsp3) is 0.417. The highest BCUT2D eigenvalue weighted by Crippen LogP contribution is 2.22. The zero-order chi connectivity index (χ0) is 13.8. The van der Waals surface area contributed by atoms with Gasteiger partial charge in [-0.15, -0.1) is 11.3 Å². The number of amides is 1. The van der Waals surface area contributed by atoms with Gasteiger partial charge >= 0.3 is 0 Å². The summed E-state index contributed by atoms with van der Waals surface area (Å²) in [5, 5.41) is 3.85. The van der Waals surface area contributed by atoms with Gasteiger partial charge < -0.3 is 9.47 Å². The van der Waals surface area contributed by atoms with Gasteiger partial charge in [-0.1, -0.05) is 11.8 Å². The maximum Gasteiger partial charge on any atom is 0.228 e. The van der Waals surface area contributed by atoms with Crippen LogP contribution in [0, 0.1) is 0 Å². The molecule has 0 N–H and O–H groups in total. The lowest BCUT2D eigenvalue weighted by Crippen LogP contribution is -2.23. The summed E-state index contributed by atoms with van der Waals surface area (Å²) < 4.78 is 1.98. The zero-order valence-corrected chi connectivity index (χ0v) is 12.8. The Hall–Kier alpha value is -1.34. The van der Waals surface area contributed by atoms with Crippen LogP contribution in [0.4, 0.5) is 0 Å². The van der Waals surface area contributed by atoms with Gasteiger partial charge in [0.05, 0.1) is 12.1 Å². The molecule has 2 aromatic heterocycles. The smallest absolute Gasteiger partial charge is 0.228 e. The zero-order valence-electron chi connectivity index (χ0n) is 11.2. The molecule has 2 heterocycles. The molecule has 0 unspecified atom stereocenters. The van der Waals surface area contributed by atoms with Crippen molar-refractivity contribution in [2.75, 3.05) is 14.1 Å². The first kappa shape index (κ1) is 14.1. The van der Waals surface area contributed by atoms with Crippen LogP contribution in [-0.4, -0.2) is 39.4 Å². The maximum absolute atomic E-state index is 11.6. The molecular formula is C12H16N4OS2. The summed E-state index contributed by atoms with van der Waals surface area (Å²) in [5.74, 6) is 0.856. The number of hydrogen-bond acceptors (Lipinski definition) is 5. The van der Waals surface area contributed by atoms with Gasteiger partial charge in [-0.3, -0.25) is 4.79 Å². The normalized spacial score (nSPS) is 10.7. The van der Waals surface area contributed by atoms with Crippen molar-refractivity contribution in [3.05, 3.63) is 28.5 Å². The molecule has 0 radical (unpaired) electrons. The molecule has 0 aromatic carbocycles. The Labute approximate surface area is 120 Å². The number of aromatic nitrogens is 3. The molecule has 7 heteroatoms. The fourth-order valence-corrected chi connectivity index (χ4v) is 3.13.